The standard InChI is InChI=1S/C13H15ClF3N3O4/c1-3-5-6-18(4-2)11-9(19(21)22)7-8(13(15,16)17)10(14)12(11)20(23)24/h7H,3-6H2,1-2H3. The molecule has 0 atom stereocenters. The van der Waals surface area contributed by atoms with Crippen LogP contribution in [0.1, 0.15) is 32.3 Å². The van der Waals surface area contributed by atoms with Crippen LogP contribution in [0, 0.1) is 20.2 Å². The molecule has 134 valence electrons. The number of nitrogens with zero attached hydrogens (tertiary/aromatic N) is 3. The molecule has 0 saturated heterocycles. The first-order chi connectivity index (χ1) is 11.1. The number of rotatable bonds is 7. The molecule has 0 saturated carbocycles. The van der Waals surface area contributed by atoms with Gasteiger partial charge in [0.15, 0.2) is 5.69 Å². The van der Waals surface area contributed by atoms with E-state index >= 15 is 0 Å². The van der Waals surface area contributed by atoms with Crippen LogP contribution < -0.4 is 4.90 Å². The van der Waals surface area contributed by atoms with Gasteiger partial charge in [-0.25, -0.2) is 0 Å². The maximum atomic E-state index is 13.0. The maximum Gasteiger partial charge on any atom is 0.418 e. The van der Waals surface area contributed by atoms with Crippen molar-refractivity contribution in [3.8, 4) is 0 Å². The van der Waals surface area contributed by atoms with E-state index in [0.29, 0.717) is 12.8 Å². The molecule has 0 aromatic heterocycles. The molecule has 0 aliphatic rings. The molecule has 0 unspecified atom stereocenters. The molecule has 1 aromatic rings. The molecule has 0 bridgehead atoms. The summed E-state index contributed by atoms with van der Waals surface area (Å²) in [6.45, 7) is 3.80. The molecular weight excluding hydrogens is 355 g/mol. The van der Waals surface area contributed by atoms with Gasteiger partial charge in [-0.3, -0.25) is 20.2 Å². The molecule has 0 fully saturated rings. The molecule has 0 amide bonds. The number of nitro benzene ring substituents is 2. The second kappa shape index (κ2) is 7.65. The summed E-state index contributed by atoms with van der Waals surface area (Å²) in [5.74, 6) is 0. The van der Waals surface area contributed by atoms with E-state index in [0.717, 1.165) is 0 Å². The molecule has 7 nitrogen and oxygen atoms in total. The molecule has 1 rings (SSSR count). The molecular formula is C13H15ClF3N3O4. The van der Waals surface area contributed by atoms with Gasteiger partial charge in [0, 0.05) is 19.2 Å². The van der Waals surface area contributed by atoms with Crippen molar-refractivity contribution in [3.05, 3.63) is 36.9 Å². The topological polar surface area (TPSA) is 89.5 Å². The average molecular weight is 370 g/mol. The van der Waals surface area contributed by atoms with E-state index < -0.39 is 43.7 Å². The second-order valence-electron chi connectivity index (χ2n) is 4.90. The Morgan fingerprint density at radius 2 is 1.79 bits per heavy atom. The Labute approximate surface area is 140 Å². The fraction of sp³-hybridized carbons (Fsp3) is 0.538. The van der Waals surface area contributed by atoms with E-state index in [1.54, 1.807) is 6.92 Å². The normalized spacial score (nSPS) is 11.4. The zero-order valence-electron chi connectivity index (χ0n) is 12.9. The van der Waals surface area contributed by atoms with Crippen LogP contribution in [0.25, 0.3) is 0 Å². The Kier molecular flexibility index (Phi) is 6.35. The predicted molar refractivity (Wildman–Crippen MR) is 82.6 cm³/mol. The van der Waals surface area contributed by atoms with Crippen LogP contribution in [-0.2, 0) is 6.18 Å². The van der Waals surface area contributed by atoms with Crippen LogP contribution in [0.2, 0.25) is 5.02 Å². The Bertz CT molecular complexity index is 652. The molecule has 0 spiro atoms. The summed E-state index contributed by atoms with van der Waals surface area (Å²) in [4.78, 5) is 21.6. The van der Waals surface area contributed by atoms with E-state index in [4.69, 9.17) is 11.6 Å². The monoisotopic (exact) mass is 369 g/mol. The fourth-order valence-corrected chi connectivity index (χ4v) is 2.54. The Morgan fingerprint density at radius 1 is 1.21 bits per heavy atom. The zero-order chi connectivity index (χ0) is 18.7. The van der Waals surface area contributed by atoms with Crippen molar-refractivity contribution < 1.29 is 23.0 Å². The summed E-state index contributed by atoms with van der Waals surface area (Å²) < 4.78 is 39.0. The van der Waals surface area contributed by atoms with Crippen molar-refractivity contribution in [2.75, 3.05) is 18.0 Å². The van der Waals surface area contributed by atoms with Crippen molar-refractivity contribution in [1.82, 2.24) is 0 Å². The van der Waals surface area contributed by atoms with E-state index in [-0.39, 0.29) is 19.2 Å². The van der Waals surface area contributed by atoms with Crippen LogP contribution in [0.4, 0.5) is 30.2 Å². The van der Waals surface area contributed by atoms with E-state index in [2.05, 4.69) is 0 Å². The van der Waals surface area contributed by atoms with Crippen molar-refractivity contribution in [2.45, 2.75) is 32.9 Å². The van der Waals surface area contributed by atoms with Gasteiger partial charge < -0.3 is 4.90 Å². The first-order valence-electron chi connectivity index (χ1n) is 7.03. The van der Waals surface area contributed by atoms with Gasteiger partial charge in [-0.05, 0) is 13.3 Å². The lowest BCUT2D eigenvalue weighted by atomic mass is 10.1. The summed E-state index contributed by atoms with van der Waals surface area (Å²) in [6, 6.07) is 0.249. The minimum atomic E-state index is -5.05. The quantitative estimate of drug-likeness (QED) is 0.508. The molecule has 24 heavy (non-hydrogen) atoms. The minimum Gasteiger partial charge on any atom is -0.361 e. The highest BCUT2D eigenvalue weighted by atomic mass is 35.5. The molecule has 0 radical (unpaired) electrons. The summed E-state index contributed by atoms with van der Waals surface area (Å²) in [6.07, 6.45) is -3.79. The molecule has 0 heterocycles. The van der Waals surface area contributed by atoms with Crippen molar-refractivity contribution >= 4 is 28.7 Å². The zero-order valence-corrected chi connectivity index (χ0v) is 13.6. The molecule has 11 heteroatoms. The van der Waals surface area contributed by atoms with Crippen LogP contribution in [-0.4, -0.2) is 22.9 Å². The third kappa shape index (κ3) is 4.05. The SMILES string of the molecule is CCCCN(CC)c1c([N+](=O)[O-])cc(C(F)(F)F)c(Cl)c1[N+](=O)[O-]. The summed E-state index contributed by atoms with van der Waals surface area (Å²) in [7, 11) is 0. The highest BCUT2D eigenvalue weighted by molar-refractivity contribution is 6.34. The molecule has 0 aliphatic carbocycles. The number of nitro groups is 2. The maximum absolute atomic E-state index is 13.0. The highest BCUT2D eigenvalue weighted by Crippen LogP contribution is 2.48. The Hall–Kier alpha value is -2.10. The van der Waals surface area contributed by atoms with Gasteiger partial charge in [0.05, 0.1) is 15.4 Å². The Balaban J connectivity index is 3.81. The number of alkyl halides is 3. The highest BCUT2D eigenvalue weighted by Gasteiger charge is 2.43. The number of unbranched alkanes of at least 4 members (excludes halogenated alkanes) is 1. The van der Waals surface area contributed by atoms with Crippen LogP contribution in [0.3, 0.4) is 0 Å². The van der Waals surface area contributed by atoms with Crippen molar-refractivity contribution in [2.24, 2.45) is 0 Å². The number of hydrogen-bond acceptors (Lipinski definition) is 5. The van der Waals surface area contributed by atoms with Gasteiger partial charge in [0.2, 0.25) is 0 Å². The minimum absolute atomic E-state index is 0.142. The lowest BCUT2D eigenvalue weighted by Crippen LogP contribution is -2.26. The lowest BCUT2D eigenvalue weighted by molar-refractivity contribution is -0.393. The number of anilines is 1. The van der Waals surface area contributed by atoms with Gasteiger partial charge >= 0.3 is 11.9 Å². The van der Waals surface area contributed by atoms with Gasteiger partial charge in [0.1, 0.15) is 5.02 Å². The van der Waals surface area contributed by atoms with Crippen LogP contribution in [0.15, 0.2) is 6.07 Å². The Morgan fingerprint density at radius 3 is 2.17 bits per heavy atom. The first-order valence-corrected chi connectivity index (χ1v) is 7.41. The van der Waals surface area contributed by atoms with Crippen LogP contribution >= 0.6 is 11.6 Å². The summed E-state index contributed by atoms with van der Waals surface area (Å²) in [5.41, 5.74) is -4.19. The lowest BCUT2D eigenvalue weighted by Gasteiger charge is -2.23. The largest absolute Gasteiger partial charge is 0.418 e. The summed E-state index contributed by atoms with van der Waals surface area (Å²) >= 11 is 5.59. The van der Waals surface area contributed by atoms with Gasteiger partial charge in [-0.1, -0.05) is 24.9 Å². The average Bonchev–Trinajstić information content (AvgIpc) is 2.45. The first kappa shape index (κ1) is 19.9. The third-order valence-electron chi connectivity index (χ3n) is 3.36. The smallest absolute Gasteiger partial charge is 0.361 e. The van der Waals surface area contributed by atoms with Gasteiger partial charge in [-0.2, -0.15) is 13.2 Å². The van der Waals surface area contributed by atoms with E-state index in [1.807, 2.05) is 6.92 Å². The van der Waals surface area contributed by atoms with Crippen LogP contribution in [0.5, 0.6) is 0 Å². The molecule has 1 aromatic carbocycles. The van der Waals surface area contributed by atoms with E-state index in [1.165, 1.54) is 4.90 Å². The number of hydrogen-bond donors (Lipinski definition) is 0. The van der Waals surface area contributed by atoms with E-state index in [9.17, 15) is 33.4 Å². The third-order valence-corrected chi connectivity index (χ3v) is 3.74. The van der Waals surface area contributed by atoms with Gasteiger partial charge in [-0.15, -0.1) is 0 Å². The fourth-order valence-electron chi connectivity index (χ4n) is 2.22. The van der Waals surface area contributed by atoms with Crippen molar-refractivity contribution in [3.63, 3.8) is 0 Å². The van der Waals surface area contributed by atoms with Crippen molar-refractivity contribution in [1.29, 1.82) is 0 Å². The number of benzene rings is 1. The molecule has 0 N–H and O–H groups in total. The molecule has 0 aliphatic heterocycles. The van der Waals surface area contributed by atoms with Gasteiger partial charge in [0.25, 0.3) is 5.69 Å². The summed E-state index contributed by atoms with van der Waals surface area (Å²) in [5, 5.41) is 21.4. The predicted octanol–water partition coefficient (Wildman–Crippen LogP) is 4.80. The number of halogens is 4. The second-order valence-corrected chi connectivity index (χ2v) is 5.28.